The summed E-state index contributed by atoms with van der Waals surface area (Å²) in [7, 11) is 0. The molecule has 1 saturated heterocycles. The van der Waals surface area contributed by atoms with Crippen LogP contribution in [0.4, 0.5) is 8.78 Å². The van der Waals surface area contributed by atoms with Crippen molar-refractivity contribution in [2.24, 2.45) is 5.92 Å². The molecule has 1 aliphatic heterocycles. The van der Waals surface area contributed by atoms with Crippen LogP contribution in [0, 0.1) is 17.6 Å². The summed E-state index contributed by atoms with van der Waals surface area (Å²) in [6.07, 6.45) is 2.70. The normalized spacial score (nSPS) is 17.1. The molecule has 1 amide bonds. The second-order valence-electron chi connectivity index (χ2n) is 7.12. The fourth-order valence-electron chi connectivity index (χ4n) is 3.66. The van der Waals surface area contributed by atoms with Crippen LogP contribution in [0.3, 0.4) is 0 Å². The van der Waals surface area contributed by atoms with E-state index in [4.69, 9.17) is 4.74 Å². The van der Waals surface area contributed by atoms with Crippen molar-refractivity contribution in [1.29, 1.82) is 0 Å². The van der Waals surface area contributed by atoms with Gasteiger partial charge in [-0.2, -0.15) is 0 Å². The number of para-hydroxylation sites is 2. The maximum Gasteiger partial charge on any atom is 0.260 e. The molecule has 5 nitrogen and oxygen atoms in total. The van der Waals surface area contributed by atoms with Gasteiger partial charge in [-0.15, -0.1) is 0 Å². The maximum atomic E-state index is 13.6. The van der Waals surface area contributed by atoms with Gasteiger partial charge in [0.05, 0.1) is 11.0 Å². The van der Waals surface area contributed by atoms with Crippen molar-refractivity contribution in [3.05, 3.63) is 59.9 Å². The number of aromatic amines is 1. The monoisotopic (exact) mass is 385 g/mol. The first-order valence-electron chi connectivity index (χ1n) is 9.38. The molecular formula is C21H21F2N3O2. The number of hydrogen-bond donors (Lipinski definition) is 1. The fourth-order valence-corrected chi connectivity index (χ4v) is 3.66. The lowest BCUT2D eigenvalue weighted by molar-refractivity contribution is -0.135. The van der Waals surface area contributed by atoms with E-state index in [2.05, 4.69) is 9.97 Å². The van der Waals surface area contributed by atoms with Gasteiger partial charge >= 0.3 is 0 Å². The Morgan fingerprint density at radius 2 is 2.11 bits per heavy atom. The van der Waals surface area contributed by atoms with Crippen LogP contribution in [0.15, 0.2) is 42.5 Å². The molecule has 1 aliphatic rings. The second kappa shape index (κ2) is 7.96. The molecule has 1 N–H and O–H groups in total. The Morgan fingerprint density at radius 3 is 2.93 bits per heavy atom. The van der Waals surface area contributed by atoms with E-state index in [1.54, 1.807) is 4.90 Å². The highest BCUT2D eigenvalue weighted by atomic mass is 19.1. The number of nitrogens with zero attached hydrogens (tertiary/aromatic N) is 2. The lowest BCUT2D eigenvalue weighted by Crippen LogP contribution is -2.42. The summed E-state index contributed by atoms with van der Waals surface area (Å²) in [5, 5.41) is 0. The Morgan fingerprint density at radius 1 is 1.25 bits per heavy atom. The van der Waals surface area contributed by atoms with E-state index in [0.29, 0.717) is 19.0 Å². The van der Waals surface area contributed by atoms with Gasteiger partial charge in [0, 0.05) is 25.6 Å². The van der Waals surface area contributed by atoms with Crippen molar-refractivity contribution in [3.63, 3.8) is 0 Å². The number of likely N-dealkylation sites (tertiary alicyclic amines) is 1. The molecule has 3 aromatic rings. The zero-order chi connectivity index (χ0) is 19.5. The number of piperidine rings is 1. The third kappa shape index (κ3) is 4.13. The lowest BCUT2D eigenvalue weighted by Gasteiger charge is -2.32. The summed E-state index contributed by atoms with van der Waals surface area (Å²) in [5.74, 6) is -0.579. The SMILES string of the molecule is O=C(COc1ccc(F)cc1F)N1CCC[C@@H](Cc2nc3ccccc3[nH]2)C1. The summed E-state index contributed by atoms with van der Waals surface area (Å²) >= 11 is 0. The number of carbonyl (C=O) groups is 1. The molecule has 0 bridgehead atoms. The third-order valence-electron chi connectivity index (χ3n) is 5.04. The van der Waals surface area contributed by atoms with Crippen LogP contribution in [0.5, 0.6) is 5.75 Å². The highest BCUT2D eigenvalue weighted by Gasteiger charge is 2.25. The van der Waals surface area contributed by atoms with E-state index in [1.165, 1.54) is 6.07 Å². The Hall–Kier alpha value is -2.96. The molecule has 0 aliphatic carbocycles. The molecule has 1 atom stereocenters. The molecule has 1 fully saturated rings. The van der Waals surface area contributed by atoms with Crippen LogP contribution < -0.4 is 4.74 Å². The summed E-state index contributed by atoms with van der Waals surface area (Å²) in [4.78, 5) is 22.2. The number of halogens is 2. The number of nitrogens with one attached hydrogen (secondary N) is 1. The Labute approximate surface area is 161 Å². The molecule has 0 spiro atoms. The van der Waals surface area contributed by atoms with Crippen molar-refractivity contribution < 1.29 is 18.3 Å². The first kappa shape index (κ1) is 18.4. The predicted molar refractivity (Wildman–Crippen MR) is 101 cm³/mol. The first-order chi connectivity index (χ1) is 13.6. The molecule has 0 saturated carbocycles. The fraction of sp³-hybridized carbons (Fsp3) is 0.333. The van der Waals surface area contributed by atoms with Crippen LogP contribution in [0.25, 0.3) is 11.0 Å². The summed E-state index contributed by atoms with van der Waals surface area (Å²) in [5.41, 5.74) is 1.95. The van der Waals surface area contributed by atoms with Crippen LogP contribution in [0.2, 0.25) is 0 Å². The number of carbonyl (C=O) groups excluding carboxylic acids is 1. The van der Waals surface area contributed by atoms with Crippen molar-refractivity contribution in [1.82, 2.24) is 14.9 Å². The average Bonchev–Trinajstić information content (AvgIpc) is 3.09. The number of H-pyrrole nitrogens is 1. The van der Waals surface area contributed by atoms with Gasteiger partial charge in [-0.3, -0.25) is 4.79 Å². The number of hydrogen-bond acceptors (Lipinski definition) is 3. The minimum Gasteiger partial charge on any atom is -0.481 e. The summed E-state index contributed by atoms with van der Waals surface area (Å²) in [6.45, 7) is 1.01. The van der Waals surface area contributed by atoms with E-state index in [-0.39, 0.29) is 18.3 Å². The quantitative estimate of drug-likeness (QED) is 0.729. The largest absolute Gasteiger partial charge is 0.481 e. The van der Waals surface area contributed by atoms with E-state index in [0.717, 1.165) is 48.3 Å². The highest BCUT2D eigenvalue weighted by Crippen LogP contribution is 2.22. The smallest absolute Gasteiger partial charge is 0.260 e. The van der Waals surface area contributed by atoms with Crippen molar-refractivity contribution in [2.45, 2.75) is 19.3 Å². The summed E-state index contributed by atoms with van der Waals surface area (Å²) < 4.78 is 31.8. The van der Waals surface area contributed by atoms with Gasteiger partial charge in [0.1, 0.15) is 11.6 Å². The van der Waals surface area contributed by atoms with Crippen LogP contribution in [-0.2, 0) is 11.2 Å². The molecule has 0 unspecified atom stereocenters. The van der Waals surface area contributed by atoms with Crippen LogP contribution in [-0.4, -0.2) is 40.5 Å². The van der Waals surface area contributed by atoms with Gasteiger partial charge in [-0.05, 0) is 43.0 Å². The molecular weight excluding hydrogens is 364 g/mol. The Balaban J connectivity index is 1.34. The van der Waals surface area contributed by atoms with Crippen molar-refractivity contribution in [2.75, 3.05) is 19.7 Å². The first-order valence-corrected chi connectivity index (χ1v) is 9.38. The Bertz CT molecular complexity index is 956. The number of rotatable bonds is 5. The van der Waals surface area contributed by atoms with Crippen molar-refractivity contribution >= 4 is 16.9 Å². The topological polar surface area (TPSA) is 58.2 Å². The number of aromatic nitrogens is 2. The third-order valence-corrected chi connectivity index (χ3v) is 5.04. The maximum absolute atomic E-state index is 13.6. The summed E-state index contributed by atoms with van der Waals surface area (Å²) in [6, 6.07) is 10.9. The average molecular weight is 385 g/mol. The number of ether oxygens (including phenoxy) is 1. The predicted octanol–water partition coefficient (Wildman–Crippen LogP) is 3.70. The van der Waals surface area contributed by atoms with Gasteiger partial charge < -0.3 is 14.6 Å². The molecule has 2 aromatic carbocycles. The number of benzene rings is 2. The molecule has 4 rings (SSSR count). The molecule has 2 heterocycles. The van der Waals surface area contributed by atoms with Crippen LogP contribution >= 0.6 is 0 Å². The molecule has 0 radical (unpaired) electrons. The molecule has 146 valence electrons. The van der Waals surface area contributed by atoms with E-state index < -0.39 is 11.6 Å². The molecule has 7 heteroatoms. The lowest BCUT2D eigenvalue weighted by atomic mass is 9.94. The minimum absolute atomic E-state index is 0.120. The van der Waals surface area contributed by atoms with Gasteiger partial charge in [0.15, 0.2) is 18.2 Å². The van der Waals surface area contributed by atoms with Gasteiger partial charge in [-0.25, -0.2) is 13.8 Å². The van der Waals surface area contributed by atoms with Crippen molar-refractivity contribution in [3.8, 4) is 5.75 Å². The van der Waals surface area contributed by atoms with Crippen LogP contribution in [0.1, 0.15) is 18.7 Å². The van der Waals surface area contributed by atoms with Gasteiger partial charge in [0.2, 0.25) is 0 Å². The van der Waals surface area contributed by atoms with E-state index >= 15 is 0 Å². The number of fused-ring (bicyclic) bond motifs is 1. The van der Waals surface area contributed by atoms with Gasteiger partial charge in [-0.1, -0.05) is 12.1 Å². The number of amides is 1. The highest BCUT2D eigenvalue weighted by molar-refractivity contribution is 5.78. The van der Waals surface area contributed by atoms with E-state index in [1.807, 2.05) is 24.3 Å². The molecule has 28 heavy (non-hydrogen) atoms. The minimum atomic E-state index is -0.811. The second-order valence-corrected chi connectivity index (χ2v) is 7.12. The number of imidazole rings is 1. The zero-order valence-electron chi connectivity index (χ0n) is 15.3. The van der Waals surface area contributed by atoms with E-state index in [9.17, 15) is 13.6 Å². The zero-order valence-corrected chi connectivity index (χ0v) is 15.3. The Kier molecular flexibility index (Phi) is 5.23. The van der Waals surface area contributed by atoms with Gasteiger partial charge in [0.25, 0.3) is 5.91 Å². The standard InChI is InChI=1S/C21H21F2N3O2/c22-15-7-8-19(16(23)11-15)28-13-21(27)26-9-3-4-14(12-26)10-20-24-17-5-1-2-6-18(17)25-20/h1-2,5-8,11,14H,3-4,9-10,12-13H2,(H,24,25)/t14-/m0/s1. The molecule has 1 aromatic heterocycles.